The van der Waals surface area contributed by atoms with Crippen molar-refractivity contribution in [1.29, 1.82) is 0 Å². The maximum absolute atomic E-state index is 11.9. The third kappa shape index (κ3) is 4.97. The molecule has 2 aromatic carbocycles. The molecule has 0 atom stereocenters. The van der Waals surface area contributed by atoms with E-state index in [1.54, 1.807) is 0 Å². The molecule has 3 N–H and O–H groups in total. The molecule has 0 spiro atoms. The van der Waals surface area contributed by atoms with Gasteiger partial charge < -0.3 is 10.6 Å². The van der Waals surface area contributed by atoms with Crippen LogP contribution in [0.1, 0.15) is 11.1 Å². The highest BCUT2D eigenvalue weighted by atomic mass is 16.2. The van der Waals surface area contributed by atoms with Crippen molar-refractivity contribution >= 4 is 11.8 Å². The summed E-state index contributed by atoms with van der Waals surface area (Å²) in [5.74, 6) is 0.0891. The number of rotatable bonds is 7. The fourth-order valence-electron chi connectivity index (χ4n) is 2.34. The summed E-state index contributed by atoms with van der Waals surface area (Å²) in [6, 6.07) is 16.8. The third-order valence-electron chi connectivity index (χ3n) is 3.70. The largest absolute Gasteiger partial charge is 0.350 e. The topological polar surface area (TPSA) is 113 Å². The molecular formula is C18H18N6O2. The van der Waals surface area contributed by atoms with Gasteiger partial charge in [0.25, 0.3) is 0 Å². The number of H-pyrrole nitrogens is 1. The molecule has 132 valence electrons. The quantitative estimate of drug-likeness (QED) is 0.584. The van der Waals surface area contributed by atoms with Gasteiger partial charge in [0, 0.05) is 12.1 Å². The molecule has 26 heavy (non-hydrogen) atoms. The van der Waals surface area contributed by atoms with Crippen LogP contribution in [-0.2, 0) is 22.6 Å². The van der Waals surface area contributed by atoms with Crippen LogP contribution in [0.2, 0.25) is 0 Å². The van der Waals surface area contributed by atoms with Crippen LogP contribution >= 0.6 is 0 Å². The molecule has 1 aromatic heterocycles. The lowest BCUT2D eigenvalue weighted by atomic mass is 10.1. The number of nitrogens with zero attached hydrogens (tertiary/aromatic N) is 3. The molecule has 8 heteroatoms. The Labute approximate surface area is 150 Å². The van der Waals surface area contributed by atoms with E-state index in [9.17, 15) is 9.59 Å². The van der Waals surface area contributed by atoms with E-state index in [-0.39, 0.29) is 24.8 Å². The Balaban J connectivity index is 1.40. The van der Waals surface area contributed by atoms with Gasteiger partial charge in [0.15, 0.2) is 0 Å². The van der Waals surface area contributed by atoms with Gasteiger partial charge in [-0.2, -0.15) is 5.21 Å². The van der Waals surface area contributed by atoms with Gasteiger partial charge in [0.1, 0.15) is 0 Å². The summed E-state index contributed by atoms with van der Waals surface area (Å²) in [6.45, 7) is 0.326. The van der Waals surface area contributed by atoms with E-state index in [0.717, 1.165) is 16.7 Å². The Kier molecular flexibility index (Phi) is 5.66. The first-order valence-electron chi connectivity index (χ1n) is 8.11. The minimum Gasteiger partial charge on any atom is -0.350 e. The van der Waals surface area contributed by atoms with Gasteiger partial charge in [-0.1, -0.05) is 54.6 Å². The molecule has 3 aromatic rings. The molecule has 0 unspecified atom stereocenters. The van der Waals surface area contributed by atoms with Crippen LogP contribution in [-0.4, -0.2) is 39.0 Å². The summed E-state index contributed by atoms with van der Waals surface area (Å²) < 4.78 is 0. The monoisotopic (exact) mass is 350 g/mol. The van der Waals surface area contributed by atoms with E-state index in [1.807, 2.05) is 54.6 Å². The molecule has 0 saturated carbocycles. The fraction of sp³-hybridized carbons (Fsp3) is 0.167. The first-order chi connectivity index (χ1) is 12.7. The third-order valence-corrected chi connectivity index (χ3v) is 3.70. The van der Waals surface area contributed by atoms with Gasteiger partial charge >= 0.3 is 0 Å². The van der Waals surface area contributed by atoms with Gasteiger partial charge in [-0.15, -0.1) is 10.2 Å². The van der Waals surface area contributed by atoms with Crippen molar-refractivity contribution in [2.75, 3.05) is 6.54 Å². The van der Waals surface area contributed by atoms with Gasteiger partial charge in [-0.3, -0.25) is 9.59 Å². The zero-order chi connectivity index (χ0) is 18.2. The Bertz CT molecular complexity index is 847. The highest BCUT2D eigenvalue weighted by Crippen LogP contribution is 2.13. The van der Waals surface area contributed by atoms with E-state index >= 15 is 0 Å². The Morgan fingerprint density at radius 2 is 1.65 bits per heavy atom. The van der Waals surface area contributed by atoms with Crippen LogP contribution in [0.4, 0.5) is 0 Å². The van der Waals surface area contributed by atoms with Gasteiger partial charge in [0.05, 0.1) is 13.0 Å². The van der Waals surface area contributed by atoms with Gasteiger partial charge in [-0.25, -0.2) is 0 Å². The Morgan fingerprint density at radius 1 is 0.885 bits per heavy atom. The molecule has 3 rings (SSSR count). The highest BCUT2D eigenvalue weighted by molar-refractivity contribution is 5.85. The second kappa shape index (κ2) is 8.52. The number of carbonyl (C=O) groups excluding carboxylic acids is 2. The number of aromatic amines is 1. The van der Waals surface area contributed by atoms with Crippen molar-refractivity contribution in [2.24, 2.45) is 0 Å². The van der Waals surface area contributed by atoms with Crippen molar-refractivity contribution in [3.63, 3.8) is 0 Å². The SMILES string of the molecule is O=C(CNC(=O)Cc1ccccc1)NCc1ccc(-c2nn[nH]n2)cc1. The number of aromatic nitrogens is 4. The Morgan fingerprint density at radius 3 is 2.35 bits per heavy atom. The number of tetrazole rings is 1. The average molecular weight is 350 g/mol. The van der Waals surface area contributed by atoms with Crippen LogP contribution in [0.5, 0.6) is 0 Å². The molecule has 0 fully saturated rings. The van der Waals surface area contributed by atoms with Crippen molar-refractivity contribution in [3.05, 3.63) is 65.7 Å². The van der Waals surface area contributed by atoms with Gasteiger partial charge in [-0.05, 0) is 16.3 Å². The zero-order valence-electron chi connectivity index (χ0n) is 14.0. The fourth-order valence-corrected chi connectivity index (χ4v) is 2.34. The number of carbonyl (C=O) groups is 2. The minimum absolute atomic E-state index is 0.0490. The summed E-state index contributed by atoms with van der Waals surface area (Å²) in [7, 11) is 0. The lowest BCUT2D eigenvalue weighted by Gasteiger charge is -2.07. The molecular weight excluding hydrogens is 332 g/mol. The number of benzene rings is 2. The molecule has 8 nitrogen and oxygen atoms in total. The van der Waals surface area contributed by atoms with Crippen LogP contribution in [0.25, 0.3) is 11.4 Å². The van der Waals surface area contributed by atoms with E-state index in [2.05, 4.69) is 31.3 Å². The highest BCUT2D eigenvalue weighted by Gasteiger charge is 2.07. The van der Waals surface area contributed by atoms with Crippen molar-refractivity contribution < 1.29 is 9.59 Å². The van der Waals surface area contributed by atoms with E-state index in [4.69, 9.17) is 0 Å². The van der Waals surface area contributed by atoms with E-state index < -0.39 is 0 Å². The smallest absolute Gasteiger partial charge is 0.239 e. The summed E-state index contributed by atoms with van der Waals surface area (Å²) in [4.78, 5) is 23.7. The molecule has 0 aliphatic carbocycles. The number of hydrogen-bond acceptors (Lipinski definition) is 5. The van der Waals surface area contributed by atoms with E-state index in [1.165, 1.54) is 0 Å². The predicted molar refractivity (Wildman–Crippen MR) is 94.6 cm³/mol. The number of nitrogens with one attached hydrogen (secondary N) is 3. The molecule has 0 aliphatic heterocycles. The first kappa shape index (κ1) is 17.3. The molecule has 0 radical (unpaired) electrons. The number of hydrogen-bond donors (Lipinski definition) is 3. The number of amides is 2. The van der Waals surface area contributed by atoms with Crippen LogP contribution in [0.15, 0.2) is 54.6 Å². The normalized spacial score (nSPS) is 10.3. The zero-order valence-corrected chi connectivity index (χ0v) is 14.0. The predicted octanol–water partition coefficient (Wildman–Crippen LogP) is 0.842. The standard InChI is InChI=1S/C18H18N6O2/c25-16(10-13-4-2-1-3-5-13)20-12-17(26)19-11-14-6-8-15(9-7-14)18-21-23-24-22-18/h1-9H,10-12H2,(H,19,26)(H,20,25)(H,21,22,23,24). The molecule has 1 heterocycles. The summed E-state index contributed by atoms with van der Waals surface area (Å²) in [5.41, 5.74) is 2.68. The van der Waals surface area contributed by atoms with Crippen LogP contribution < -0.4 is 10.6 Å². The van der Waals surface area contributed by atoms with Crippen molar-refractivity contribution in [3.8, 4) is 11.4 Å². The van der Waals surface area contributed by atoms with Crippen molar-refractivity contribution in [2.45, 2.75) is 13.0 Å². The summed E-state index contributed by atoms with van der Waals surface area (Å²) in [6.07, 6.45) is 0.256. The molecule has 0 aliphatic rings. The van der Waals surface area contributed by atoms with Crippen LogP contribution in [0.3, 0.4) is 0 Å². The maximum Gasteiger partial charge on any atom is 0.239 e. The van der Waals surface area contributed by atoms with Gasteiger partial charge in [0.2, 0.25) is 17.6 Å². The summed E-state index contributed by atoms with van der Waals surface area (Å²) >= 11 is 0. The lowest BCUT2D eigenvalue weighted by molar-refractivity contribution is -0.125. The van der Waals surface area contributed by atoms with Crippen molar-refractivity contribution in [1.82, 2.24) is 31.3 Å². The second-order valence-corrected chi connectivity index (χ2v) is 5.65. The van der Waals surface area contributed by atoms with Crippen LogP contribution in [0, 0.1) is 0 Å². The second-order valence-electron chi connectivity index (χ2n) is 5.65. The maximum atomic E-state index is 11.9. The average Bonchev–Trinajstić information content (AvgIpc) is 3.21. The Hall–Kier alpha value is -3.55. The molecule has 0 saturated heterocycles. The lowest BCUT2D eigenvalue weighted by Crippen LogP contribution is -2.37. The molecule has 2 amide bonds. The molecule has 0 bridgehead atoms. The summed E-state index contributed by atoms with van der Waals surface area (Å²) in [5, 5.41) is 19.1. The first-order valence-corrected chi connectivity index (χ1v) is 8.11. The minimum atomic E-state index is -0.242. The van der Waals surface area contributed by atoms with E-state index in [0.29, 0.717) is 12.4 Å².